The molecule has 0 aliphatic carbocycles. The maximum absolute atomic E-state index is 11.4. The molecule has 23 heavy (non-hydrogen) atoms. The molecule has 1 fully saturated rings. The van der Waals surface area contributed by atoms with Crippen LogP contribution in [0.25, 0.3) is 11.1 Å². The van der Waals surface area contributed by atoms with E-state index in [9.17, 15) is 9.90 Å². The van der Waals surface area contributed by atoms with E-state index in [1.54, 1.807) is 12.1 Å². The molecule has 1 N–H and O–H groups in total. The first-order valence-corrected chi connectivity index (χ1v) is 7.88. The summed E-state index contributed by atoms with van der Waals surface area (Å²) in [6.07, 6.45) is 0.242. The molecule has 2 atom stereocenters. The largest absolute Gasteiger partial charge is 0.478 e. The first-order chi connectivity index (χ1) is 11.0. The van der Waals surface area contributed by atoms with Crippen LogP contribution in [0.2, 0.25) is 0 Å². The lowest BCUT2D eigenvalue weighted by atomic mass is 9.99. The Morgan fingerprint density at radius 2 is 1.74 bits per heavy atom. The Morgan fingerprint density at radius 3 is 2.35 bits per heavy atom. The van der Waals surface area contributed by atoms with Crippen molar-refractivity contribution in [3.05, 3.63) is 54.1 Å². The lowest BCUT2D eigenvalue weighted by molar-refractivity contribution is -0.00518. The SMILES string of the molecule is CC1CN(c2cc(C(=O)O)ccc2-c2ccccc2)CC(C)O1. The lowest BCUT2D eigenvalue weighted by Crippen LogP contribution is -2.45. The molecule has 2 aromatic carbocycles. The summed E-state index contributed by atoms with van der Waals surface area (Å²) in [6, 6.07) is 15.4. The highest BCUT2D eigenvalue weighted by Gasteiger charge is 2.25. The number of aromatic carboxylic acids is 1. The van der Waals surface area contributed by atoms with Gasteiger partial charge < -0.3 is 14.7 Å². The van der Waals surface area contributed by atoms with Crippen molar-refractivity contribution in [3.8, 4) is 11.1 Å². The maximum Gasteiger partial charge on any atom is 0.335 e. The van der Waals surface area contributed by atoms with Crippen molar-refractivity contribution in [2.75, 3.05) is 18.0 Å². The first kappa shape index (κ1) is 15.6. The number of ether oxygens (including phenoxy) is 1. The second-order valence-electron chi connectivity index (χ2n) is 6.07. The third kappa shape index (κ3) is 3.37. The van der Waals surface area contributed by atoms with Gasteiger partial charge in [-0.05, 0) is 31.5 Å². The number of carbonyl (C=O) groups is 1. The number of carboxylic acids is 1. The van der Waals surface area contributed by atoms with Gasteiger partial charge in [0.15, 0.2) is 0 Å². The molecule has 1 saturated heterocycles. The molecule has 0 aromatic heterocycles. The summed E-state index contributed by atoms with van der Waals surface area (Å²) in [5.41, 5.74) is 3.41. The molecule has 2 unspecified atom stereocenters. The molecule has 3 rings (SSSR count). The minimum Gasteiger partial charge on any atom is -0.478 e. The van der Waals surface area contributed by atoms with E-state index in [1.165, 1.54) is 0 Å². The minimum absolute atomic E-state index is 0.121. The Hall–Kier alpha value is -2.33. The van der Waals surface area contributed by atoms with Gasteiger partial charge in [-0.15, -0.1) is 0 Å². The Morgan fingerprint density at radius 1 is 1.09 bits per heavy atom. The van der Waals surface area contributed by atoms with E-state index < -0.39 is 5.97 Å². The molecule has 0 amide bonds. The van der Waals surface area contributed by atoms with Gasteiger partial charge in [0, 0.05) is 24.3 Å². The maximum atomic E-state index is 11.4. The summed E-state index contributed by atoms with van der Waals surface area (Å²) in [5, 5.41) is 9.33. The Balaban J connectivity index is 2.08. The average Bonchev–Trinajstić information content (AvgIpc) is 2.54. The number of carboxylic acid groups (broad SMARTS) is 1. The number of hydrogen-bond acceptors (Lipinski definition) is 3. The number of morpholine rings is 1. The summed E-state index contributed by atoms with van der Waals surface area (Å²) in [5.74, 6) is -0.903. The second-order valence-corrected chi connectivity index (χ2v) is 6.07. The highest BCUT2D eigenvalue weighted by Crippen LogP contribution is 2.33. The van der Waals surface area contributed by atoms with Gasteiger partial charge in [-0.25, -0.2) is 4.79 Å². The van der Waals surface area contributed by atoms with Crippen LogP contribution < -0.4 is 4.90 Å². The summed E-state index contributed by atoms with van der Waals surface area (Å²) >= 11 is 0. The van der Waals surface area contributed by atoms with Crippen molar-refractivity contribution in [1.29, 1.82) is 0 Å². The topological polar surface area (TPSA) is 49.8 Å². The third-order valence-electron chi connectivity index (χ3n) is 4.09. The number of hydrogen-bond donors (Lipinski definition) is 1. The zero-order chi connectivity index (χ0) is 16.4. The van der Waals surface area contributed by atoms with Crippen molar-refractivity contribution in [2.24, 2.45) is 0 Å². The number of rotatable bonds is 3. The molecule has 4 nitrogen and oxygen atoms in total. The van der Waals surface area contributed by atoms with Crippen LogP contribution >= 0.6 is 0 Å². The molecule has 1 aliphatic rings. The van der Waals surface area contributed by atoms with E-state index in [-0.39, 0.29) is 12.2 Å². The van der Waals surface area contributed by atoms with Gasteiger partial charge in [0.25, 0.3) is 0 Å². The van der Waals surface area contributed by atoms with Crippen LogP contribution in [0.4, 0.5) is 5.69 Å². The van der Waals surface area contributed by atoms with E-state index in [0.717, 1.165) is 29.9 Å². The number of benzene rings is 2. The van der Waals surface area contributed by atoms with Crippen LogP contribution in [0.5, 0.6) is 0 Å². The van der Waals surface area contributed by atoms with Crippen molar-refractivity contribution >= 4 is 11.7 Å². The minimum atomic E-state index is -0.903. The number of anilines is 1. The zero-order valence-corrected chi connectivity index (χ0v) is 13.4. The summed E-state index contributed by atoms with van der Waals surface area (Å²) in [6.45, 7) is 5.61. The summed E-state index contributed by atoms with van der Waals surface area (Å²) in [4.78, 5) is 13.6. The van der Waals surface area contributed by atoms with E-state index in [2.05, 4.69) is 4.90 Å². The van der Waals surface area contributed by atoms with Crippen LogP contribution in [-0.4, -0.2) is 36.4 Å². The van der Waals surface area contributed by atoms with E-state index >= 15 is 0 Å². The molecule has 0 spiro atoms. The molecule has 0 bridgehead atoms. The monoisotopic (exact) mass is 311 g/mol. The van der Waals surface area contributed by atoms with Gasteiger partial charge in [-0.2, -0.15) is 0 Å². The highest BCUT2D eigenvalue weighted by atomic mass is 16.5. The van der Waals surface area contributed by atoms with Gasteiger partial charge in [-0.1, -0.05) is 36.4 Å². The van der Waals surface area contributed by atoms with E-state index in [4.69, 9.17) is 4.74 Å². The third-order valence-corrected chi connectivity index (χ3v) is 4.09. The lowest BCUT2D eigenvalue weighted by Gasteiger charge is -2.38. The Bertz CT molecular complexity index is 689. The number of nitrogens with zero attached hydrogens (tertiary/aromatic N) is 1. The molecule has 4 heteroatoms. The highest BCUT2D eigenvalue weighted by molar-refractivity contribution is 5.92. The standard InChI is InChI=1S/C19H21NO3/c1-13-11-20(12-14(2)23-13)18-10-16(19(21)22)8-9-17(18)15-6-4-3-5-7-15/h3-10,13-14H,11-12H2,1-2H3,(H,21,22). The second kappa shape index (κ2) is 6.42. The van der Waals surface area contributed by atoms with Crippen molar-refractivity contribution in [1.82, 2.24) is 0 Å². The van der Waals surface area contributed by atoms with Gasteiger partial charge in [-0.3, -0.25) is 0 Å². The van der Waals surface area contributed by atoms with Crippen LogP contribution in [0.1, 0.15) is 24.2 Å². The Labute approximate surface area is 136 Å². The molecule has 0 radical (unpaired) electrons. The molecular formula is C19H21NO3. The molecule has 120 valence electrons. The molecule has 0 saturated carbocycles. The molecule has 1 aliphatic heterocycles. The summed E-state index contributed by atoms with van der Waals surface area (Å²) in [7, 11) is 0. The van der Waals surface area contributed by atoms with E-state index in [1.807, 2.05) is 50.2 Å². The fourth-order valence-corrected chi connectivity index (χ4v) is 3.16. The predicted molar refractivity (Wildman–Crippen MR) is 91.1 cm³/mol. The summed E-state index contributed by atoms with van der Waals surface area (Å²) < 4.78 is 5.80. The smallest absolute Gasteiger partial charge is 0.335 e. The van der Waals surface area contributed by atoms with Crippen molar-refractivity contribution in [3.63, 3.8) is 0 Å². The average molecular weight is 311 g/mol. The predicted octanol–water partition coefficient (Wildman–Crippen LogP) is 3.67. The van der Waals surface area contributed by atoms with Gasteiger partial charge >= 0.3 is 5.97 Å². The molecule has 1 heterocycles. The first-order valence-electron chi connectivity index (χ1n) is 7.88. The normalized spacial score (nSPS) is 21.2. The quantitative estimate of drug-likeness (QED) is 0.939. The fourth-order valence-electron chi connectivity index (χ4n) is 3.16. The van der Waals surface area contributed by atoms with Crippen LogP contribution in [0, 0.1) is 0 Å². The zero-order valence-electron chi connectivity index (χ0n) is 13.4. The van der Waals surface area contributed by atoms with E-state index in [0.29, 0.717) is 5.56 Å². The van der Waals surface area contributed by atoms with Gasteiger partial charge in [0.05, 0.1) is 17.8 Å². The fraction of sp³-hybridized carbons (Fsp3) is 0.316. The van der Waals surface area contributed by atoms with Crippen LogP contribution in [0.3, 0.4) is 0 Å². The Kier molecular flexibility index (Phi) is 4.35. The van der Waals surface area contributed by atoms with Gasteiger partial charge in [0.1, 0.15) is 0 Å². The van der Waals surface area contributed by atoms with Crippen LogP contribution in [0.15, 0.2) is 48.5 Å². The molecular weight excluding hydrogens is 290 g/mol. The molecule has 2 aromatic rings. The van der Waals surface area contributed by atoms with Crippen LogP contribution in [-0.2, 0) is 4.74 Å². The van der Waals surface area contributed by atoms with Gasteiger partial charge in [0.2, 0.25) is 0 Å². The van der Waals surface area contributed by atoms with Crippen molar-refractivity contribution in [2.45, 2.75) is 26.1 Å². The van der Waals surface area contributed by atoms with Crippen molar-refractivity contribution < 1.29 is 14.6 Å².